The van der Waals surface area contributed by atoms with Crippen molar-refractivity contribution < 1.29 is 4.79 Å². The van der Waals surface area contributed by atoms with E-state index in [4.69, 9.17) is 5.26 Å². The number of aryl methyl sites for hydroxylation is 1. The zero-order valence-electron chi connectivity index (χ0n) is 16.9. The van der Waals surface area contributed by atoms with Crippen LogP contribution >= 0.6 is 0 Å². The molecule has 1 fully saturated rings. The number of H-pyrrole nitrogens is 1. The van der Waals surface area contributed by atoms with Crippen molar-refractivity contribution in [1.29, 1.82) is 5.26 Å². The Kier molecular flexibility index (Phi) is 8.05. The number of hydrogen-bond donors (Lipinski definition) is 2. The number of unbranched alkanes of at least 4 members (excludes halogenated alkanes) is 1. The molecule has 1 aliphatic rings. The number of rotatable bonds is 8. The number of carbonyl (C=O) groups excluding carboxylic acids is 1. The minimum Gasteiger partial charge on any atom is -0.356 e. The molecule has 148 valence electrons. The van der Waals surface area contributed by atoms with Crippen molar-refractivity contribution in [1.82, 2.24) is 15.2 Å². The van der Waals surface area contributed by atoms with E-state index < -0.39 is 0 Å². The summed E-state index contributed by atoms with van der Waals surface area (Å²) in [4.78, 5) is 29.1. The molecule has 2 heterocycles. The van der Waals surface area contributed by atoms with Crippen LogP contribution in [0.5, 0.6) is 0 Å². The first-order chi connectivity index (χ1) is 12.9. The Labute approximate surface area is 162 Å². The van der Waals surface area contributed by atoms with Crippen LogP contribution in [0.1, 0.15) is 67.8 Å². The summed E-state index contributed by atoms with van der Waals surface area (Å²) in [7, 11) is 0. The molecule has 6 heteroatoms. The van der Waals surface area contributed by atoms with Gasteiger partial charge in [0, 0.05) is 24.7 Å². The molecular weight excluding hydrogens is 340 g/mol. The summed E-state index contributed by atoms with van der Waals surface area (Å²) >= 11 is 0. The number of nitrogens with zero attached hydrogens (tertiary/aromatic N) is 2. The van der Waals surface area contributed by atoms with Crippen LogP contribution in [-0.4, -0.2) is 41.5 Å². The Bertz CT molecular complexity index is 748. The van der Waals surface area contributed by atoms with Crippen LogP contribution in [0.2, 0.25) is 0 Å². The molecule has 0 aliphatic carbocycles. The van der Waals surface area contributed by atoms with Gasteiger partial charge < -0.3 is 15.2 Å². The van der Waals surface area contributed by atoms with Gasteiger partial charge >= 0.3 is 0 Å². The highest BCUT2D eigenvalue weighted by molar-refractivity contribution is 5.76. The highest BCUT2D eigenvalue weighted by Crippen LogP contribution is 2.17. The van der Waals surface area contributed by atoms with Gasteiger partial charge in [-0.05, 0) is 77.1 Å². The van der Waals surface area contributed by atoms with Crippen LogP contribution in [0, 0.1) is 25.2 Å². The van der Waals surface area contributed by atoms with Gasteiger partial charge in [0.15, 0.2) is 0 Å². The van der Waals surface area contributed by atoms with Crippen molar-refractivity contribution >= 4 is 5.91 Å². The van der Waals surface area contributed by atoms with Crippen molar-refractivity contribution in [3.05, 3.63) is 32.7 Å². The summed E-state index contributed by atoms with van der Waals surface area (Å²) in [6.45, 7) is 8.91. The maximum atomic E-state index is 12.1. The van der Waals surface area contributed by atoms with Gasteiger partial charge in [-0.15, -0.1) is 0 Å². The van der Waals surface area contributed by atoms with Crippen LogP contribution in [0.4, 0.5) is 0 Å². The molecule has 2 rings (SSSR count). The third-order valence-corrected chi connectivity index (χ3v) is 5.66. The maximum Gasteiger partial charge on any atom is 0.266 e. The van der Waals surface area contributed by atoms with Crippen LogP contribution in [0.15, 0.2) is 4.79 Å². The van der Waals surface area contributed by atoms with E-state index in [9.17, 15) is 9.59 Å². The predicted molar refractivity (Wildman–Crippen MR) is 107 cm³/mol. The second kappa shape index (κ2) is 10.3. The van der Waals surface area contributed by atoms with E-state index in [0.29, 0.717) is 31.0 Å². The van der Waals surface area contributed by atoms with Crippen LogP contribution in [0.25, 0.3) is 0 Å². The largest absolute Gasteiger partial charge is 0.356 e. The Morgan fingerprint density at radius 3 is 2.81 bits per heavy atom. The third-order valence-electron chi connectivity index (χ3n) is 5.66. The van der Waals surface area contributed by atoms with Crippen LogP contribution in [0.3, 0.4) is 0 Å². The number of aromatic amines is 1. The van der Waals surface area contributed by atoms with Gasteiger partial charge in [-0.1, -0.05) is 6.42 Å². The number of hydrogen-bond acceptors (Lipinski definition) is 4. The summed E-state index contributed by atoms with van der Waals surface area (Å²) in [5, 5.41) is 12.1. The number of aromatic nitrogens is 1. The van der Waals surface area contributed by atoms with Gasteiger partial charge in [-0.25, -0.2) is 0 Å². The molecule has 0 aromatic carbocycles. The number of nitrogens with one attached hydrogen (secondary N) is 2. The first-order valence-electron chi connectivity index (χ1n) is 10.1. The van der Waals surface area contributed by atoms with E-state index in [-0.39, 0.29) is 17.0 Å². The van der Waals surface area contributed by atoms with Gasteiger partial charge in [0.05, 0.1) is 0 Å². The topological polar surface area (TPSA) is 89.0 Å². The van der Waals surface area contributed by atoms with Gasteiger partial charge in [0.1, 0.15) is 11.6 Å². The lowest BCUT2D eigenvalue weighted by molar-refractivity contribution is -0.121. The second-order valence-electron chi connectivity index (χ2n) is 7.61. The Morgan fingerprint density at radius 1 is 1.33 bits per heavy atom. The molecule has 0 radical (unpaired) electrons. The minimum atomic E-state index is -0.358. The van der Waals surface area contributed by atoms with Gasteiger partial charge in [0.2, 0.25) is 5.91 Å². The molecule has 0 saturated carbocycles. The van der Waals surface area contributed by atoms with Crippen molar-refractivity contribution in [2.75, 3.05) is 19.6 Å². The maximum absolute atomic E-state index is 12.1. The SMILES string of the molecule is Cc1[nH]c(=O)c(C#N)c(C)c1CCC(=O)NCCCCN1CCCCC1C. The highest BCUT2D eigenvalue weighted by Gasteiger charge is 2.17. The molecule has 27 heavy (non-hydrogen) atoms. The standard InChI is InChI=1S/C21H32N4O2/c1-15-8-4-6-12-25(15)13-7-5-11-23-20(26)10-9-18-16(2)19(14-22)21(27)24-17(18)3/h15H,4-13H2,1-3H3,(H,23,26)(H,24,27). The molecule has 1 saturated heterocycles. The minimum absolute atomic E-state index is 0.0184. The van der Waals surface area contributed by atoms with Crippen molar-refractivity contribution in [2.24, 2.45) is 0 Å². The number of carbonyl (C=O) groups is 1. The highest BCUT2D eigenvalue weighted by atomic mass is 16.1. The number of piperidine rings is 1. The zero-order chi connectivity index (χ0) is 19.8. The lowest BCUT2D eigenvalue weighted by Gasteiger charge is -2.33. The van der Waals surface area contributed by atoms with Crippen molar-refractivity contribution in [2.45, 2.75) is 71.8 Å². The average molecular weight is 373 g/mol. The fraction of sp³-hybridized carbons (Fsp3) is 0.667. The smallest absolute Gasteiger partial charge is 0.266 e. The summed E-state index contributed by atoms with van der Waals surface area (Å²) in [5.41, 5.74) is 2.09. The molecule has 1 aliphatic heterocycles. The van der Waals surface area contributed by atoms with Crippen LogP contribution in [-0.2, 0) is 11.2 Å². The van der Waals surface area contributed by atoms with E-state index >= 15 is 0 Å². The van der Waals surface area contributed by atoms with E-state index in [1.807, 2.05) is 13.0 Å². The van der Waals surface area contributed by atoms with Gasteiger partial charge in [0.25, 0.3) is 5.56 Å². The molecule has 0 bridgehead atoms. The Balaban J connectivity index is 1.71. The van der Waals surface area contributed by atoms with E-state index in [1.165, 1.54) is 25.8 Å². The molecule has 1 atom stereocenters. The van der Waals surface area contributed by atoms with E-state index in [0.717, 1.165) is 30.6 Å². The van der Waals surface area contributed by atoms with Crippen molar-refractivity contribution in [3.63, 3.8) is 0 Å². The molecule has 1 unspecified atom stereocenters. The monoisotopic (exact) mass is 372 g/mol. The van der Waals surface area contributed by atoms with Gasteiger partial charge in [-0.2, -0.15) is 5.26 Å². The first-order valence-corrected chi connectivity index (χ1v) is 10.1. The van der Waals surface area contributed by atoms with E-state index in [2.05, 4.69) is 22.1 Å². The normalized spacial score (nSPS) is 17.5. The Morgan fingerprint density at radius 2 is 2.11 bits per heavy atom. The molecule has 1 aromatic rings. The third kappa shape index (κ3) is 5.93. The summed E-state index contributed by atoms with van der Waals surface area (Å²) in [6.07, 6.45) is 6.93. The molecule has 0 spiro atoms. The lowest BCUT2D eigenvalue weighted by Crippen LogP contribution is -2.38. The predicted octanol–water partition coefficient (Wildman–Crippen LogP) is 2.57. The molecule has 6 nitrogen and oxygen atoms in total. The lowest BCUT2D eigenvalue weighted by atomic mass is 9.99. The zero-order valence-corrected chi connectivity index (χ0v) is 16.9. The van der Waals surface area contributed by atoms with Crippen molar-refractivity contribution in [3.8, 4) is 6.07 Å². The fourth-order valence-electron chi connectivity index (χ4n) is 3.90. The summed E-state index contributed by atoms with van der Waals surface area (Å²) in [5.74, 6) is 0.0184. The first kappa shape index (κ1) is 21.2. The van der Waals surface area contributed by atoms with E-state index in [1.54, 1.807) is 6.92 Å². The quantitative estimate of drug-likeness (QED) is 0.687. The number of likely N-dealkylation sites (tertiary alicyclic amines) is 1. The molecule has 2 N–H and O–H groups in total. The van der Waals surface area contributed by atoms with Crippen LogP contribution < -0.4 is 10.9 Å². The average Bonchev–Trinajstić information content (AvgIpc) is 2.62. The van der Waals surface area contributed by atoms with Gasteiger partial charge in [-0.3, -0.25) is 9.59 Å². The fourth-order valence-corrected chi connectivity index (χ4v) is 3.90. The Hall–Kier alpha value is -2.13. The molecule has 1 aromatic heterocycles. The second-order valence-corrected chi connectivity index (χ2v) is 7.61. The number of amides is 1. The number of pyridine rings is 1. The summed E-state index contributed by atoms with van der Waals surface area (Å²) in [6, 6.07) is 2.64. The number of nitriles is 1. The molecule has 1 amide bonds. The molecular formula is C21H32N4O2. The summed E-state index contributed by atoms with van der Waals surface area (Å²) < 4.78 is 0.